The zero-order valence-corrected chi connectivity index (χ0v) is 8.79. The Morgan fingerprint density at radius 1 is 1.46 bits per heavy atom. The van der Waals surface area contributed by atoms with Crippen molar-refractivity contribution in [2.24, 2.45) is 7.05 Å². The van der Waals surface area contributed by atoms with E-state index in [2.05, 4.69) is 13.8 Å². The van der Waals surface area contributed by atoms with Crippen LogP contribution in [0.3, 0.4) is 0 Å². The van der Waals surface area contributed by atoms with E-state index in [1.807, 2.05) is 19.2 Å². The molecule has 1 aromatic rings. The summed E-state index contributed by atoms with van der Waals surface area (Å²) in [7, 11) is 1.80. The first kappa shape index (κ1) is 10.0. The average molecular weight is 179 g/mol. The van der Waals surface area contributed by atoms with Gasteiger partial charge < -0.3 is 4.57 Å². The molecule has 1 rings (SSSR count). The van der Waals surface area contributed by atoms with Crippen molar-refractivity contribution in [1.29, 1.82) is 0 Å². The fourth-order valence-electron chi connectivity index (χ4n) is 1.59. The van der Waals surface area contributed by atoms with Gasteiger partial charge in [-0.15, -0.1) is 0 Å². The molecule has 0 atom stereocenters. The molecular formula is C11H17NO. The summed E-state index contributed by atoms with van der Waals surface area (Å²) in [5, 5.41) is 0. The summed E-state index contributed by atoms with van der Waals surface area (Å²) in [6.07, 6.45) is 2.66. The number of hydrogen-bond donors (Lipinski definition) is 0. The number of aromatic nitrogens is 1. The summed E-state index contributed by atoms with van der Waals surface area (Å²) in [6.45, 7) is 6.27. The molecule has 0 radical (unpaired) electrons. The molecule has 0 saturated heterocycles. The number of aryl methyl sites for hydroxylation is 1. The number of hydrogen-bond acceptors (Lipinski definition) is 1. The second kappa shape index (κ2) is 3.77. The van der Waals surface area contributed by atoms with E-state index in [4.69, 9.17) is 0 Å². The molecule has 0 N–H and O–H groups in total. The molecule has 0 aliphatic heterocycles. The highest BCUT2D eigenvalue weighted by Crippen LogP contribution is 2.16. The summed E-state index contributed by atoms with van der Waals surface area (Å²) < 4.78 is 1.64. The molecule has 0 aliphatic rings. The minimum Gasteiger partial charge on any atom is -0.318 e. The zero-order valence-electron chi connectivity index (χ0n) is 8.79. The van der Waals surface area contributed by atoms with Crippen LogP contribution >= 0.6 is 0 Å². The van der Waals surface area contributed by atoms with E-state index in [-0.39, 0.29) is 5.56 Å². The SMILES string of the molecule is CCc1c(C(C)C)ccn(C)c1=O. The van der Waals surface area contributed by atoms with Crippen LogP contribution in [-0.4, -0.2) is 4.57 Å². The molecule has 0 bridgehead atoms. The highest BCUT2D eigenvalue weighted by atomic mass is 16.1. The van der Waals surface area contributed by atoms with Crippen LogP contribution in [0.2, 0.25) is 0 Å². The van der Waals surface area contributed by atoms with Crippen LogP contribution in [0, 0.1) is 0 Å². The predicted molar refractivity (Wildman–Crippen MR) is 55.2 cm³/mol. The zero-order chi connectivity index (χ0) is 10.0. The minimum absolute atomic E-state index is 0.147. The van der Waals surface area contributed by atoms with Gasteiger partial charge in [0, 0.05) is 18.8 Å². The van der Waals surface area contributed by atoms with E-state index < -0.39 is 0 Å². The van der Waals surface area contributed by atoms with Crippen molar-refractivity contribution < 1.29 is 0 Å². The molecule has 0 saturated carbocycles. The molecule has 0 fully saturated rings. The molecule has 72 valence electrons. The average Bonchev–Trinajstić information content (AvgIpc) is 2.09. The van der Waals surface area contributed by atoms with Gasteiger partial charge in [0.25, 0.3) is 5.56 Å². The molecule has 1 heterocycles. The van der Waals surface area contributed by atoms with Gasteiger partial charge in [-0.3, -0.25) is 4.79 Å². The third-order valence-electron chi connectivity index (χ3n) is 2.38. The van der Waals surface area contributed by atoms with E-state index in [1.54, 1.807) is 11.6 Å². The smallest absolute Gasteiger partial charge is 0.253 e. The third kappa shape index (κ3) is 1.82. The van der Waals surface area contributed by atoms with Crippen molar-refractivity contribution in [2.75, 3.05) is 0 Å². The highest BCUT2D eigenvalue weighted by Gasteiger charge is 2.08. The van der Waals surface area contributed by atoms with Gasteiger partial charge in [0.2, 0.25) is 0 Å². The Labute approximate surface area is 79.2 Å². The molecule has 13 heavy (non-hydrogen) atoms. The molecular weight excluding hydrogens is 162 g/mol. The van der Waals surface area contributed by atoms with Gasteiger partial charge >= 0.3 is 0 Å². The fourth-order valence-corrected chi connectivity index (χ4v) is 1.59. The number of rotatable bonds is 2. The maximum absolute atomic E-state index is 11.7. The fraction of sp³-hybridized carbons (Fsp3) is 0.545. The van der Waals surface area contributed by atoms with Crippen molar-refractivity contribution in [3.05, 3.63) is 33.7 Å². The van der Waals surface area contributed by atoms with E-state index in [0.29, 0.717) is 5.92 Å². The lowest BCUT2D eigenvalue weighted by Crippen LogP contribution is -2.22. The Morgan fingerprint density at radius 3 is 2.54 bits per heavy atom. The van der Waals surface area contributed by atoms with Crippen molar-refractivity contribution >= 4 is 0 Å². The molecule has 2 nitrogen and oxygen atoms in total. The largest absolute Gasteiger partial charge is 0.318 e. The first-order chi connectivity index (χ1) is 6.07. The first-order valence-electron chi connectivity index (χ1n) is 4.76. The Hall–Kier alpha value is -1.05. The Bertz CT molecular complexity index is 350. The molecule has 1 aromatic heterocycles. The van der Waals surface area contributed by atoms with Crippen molar-refractivity contribution in [1.82, 2.24) is 4.57 Å². The lowest BCUT2D eigenvalue weighted by molar-refractivity contribution is 0.781. The van der Waals surface area contributed by atoms with Gasteiger partial charge in [-0.05, 0) is 24.0 Å². The van der Waals surface area contributed by atoms with Crippen LogP contribution in [-0.2, 0) is 13.5 Å². The standard InChI is InChI=1S/C11H17NO/c1-5-9-10(8(2)3)6-7-12(4)11(9)13/h6-8H,5H2,1-4H3. The monoisotopic (exact) mass is 179 g/mol. The van der Waals surface area contributed by atoms with Gasteiger partial charge in [0.05, 0.1) is 0 Å². The van der Waals surface area contributed by atoms with Crippen molar-refractivity contribution in [3.8, 4) is 0 Å². The Kier molecular flexibility index (Phi) is 2.91. The molecule has 0 spiro atoms. The molecule has 2 heteroatoms. The molecule has 0 aliphatic carbocycles. The first-order valence-corrected chi connectivity index (χ1v) is 4.76. The summed E-state index contributed by atoms with van der Waals surface area (Å²) in [6, 6.07) is 2.05. The molecule has 0 unspecified atom stereocenters. The maximum atomic E-state index is 11.7. The van der Waals surface area contributed by atoms with Crippen LogP contribution < -0.4 is 5.56 Å². The second-order valence-corrected chi connectivity index (χ2v) is 3.67. The van der Waals surface area contributed by atoms with E-state index >= 15 is 0 Å². The third-order valence-corrected chi connectivity index (χ3v) is 2.38. The van der Waals surface area contributed by atoms with Crippen molar-refractivity contribution in [2.45, 2.75) is 33.1 Å². The lowest BCUT2D eigenvalue weighted by Gasteiger charge is -2.11. The number of nitrogens with zero attached hydrogens (tertiary/aromatic N) is 1. The Morgan fingerprint density at radius 2 is 2.08 bits per heavy atom. The van der Waals surface area contributed by atoms with E-state index in [0.717, 1.165) is 12.0 Å². The topological polar surface area (TPSA) is 22.0 Å². The van der Waals surface area contributed by atoms with E-state index in [1.165, 1.54) is 5.56 Å². The second-order valence-electron chi connectivity index (χ2n) is 3.67. The van der Waals surface area contributed by atoms with Crippen LogP contribution in [0.4, 0.5) is 0 Å². The van der Waals surface area contributed by atoms with E-state index in [9.17, 15) is 4.79 Å². The van der Waals surface area contributed by atoms with Gasteiger partial charge in [-0.2, -0.15) is 0 Å². The number of pyridine rings is 1. The van der Waals surface area contributed by atoms with Crippen LogP contribution in [0.5, 0.6) is 0 Å². The minimum atomic E-state index is 0.147. The molecule has 0 aromatic carbocycles. The van der Waals surface area contributed by atoms with Gasteiger partial charge in [0.1, 0.15) is 0 Å². The highest BCUT2D eigenvalue weighted by molar-refractivity contribution is 5.26. The lowest BCUT2D eigenvalue weighted by atomic mass is 9.97. The van der Waals surface area contributed by atoms with Crippen LogP contribution in [0.1, 0.15) is 37.8 Å². The maximum Gasteiger partial charge on any atom is 0.253 e. The summed E-state index contributed by atoms with van der Waals surface area (Å²) in [5.74, 6) is 0.434. The summed E-state index contributed by atoms with van der Waals surface area (Å²) in [5.41, 5.74) is 2.29. The normalized spacial score (nSPS) is 10.8. The summed E-state index contributed by atoms with van der Waals surface area (Å²) >= 11 is 0. The van der Waals surface area contributed by atoms with Gasteiger partial charge in [-0.1, -0.05) is 20.8 Å². The van der Waals surface area contributed by atoms with Crippen LogP contribution in [0.25, 0.3) is 0 Å². The molecule has 0 amide bonds. The van der Waals surface area contributed by atoms with Crippen LogP contribution in [0.15, 0.2) is 17.1 Å². The Balaban J connectivity index is 3.39. The van der Waals surface area contributed by atoms with Crippen molar-refractivity contribution in [3.63, 3.8) is 0 Å². The predicted octanol–water partition coefficient (Wildman–Crippen LogP) is 2.07. The van der Waals surface area contributed by atoms with Gasteiger partial charge in [0.15, 0.2) is 0 Å². The van der Waals surface area contributed by atoms with Gasteiger partial charge in [-0.25, -0.2) is 0 Å². The quantitative estimate of drug-likeness (QED) is 0.681. The summed E-state index contributed by atoms with van der Waals surface area (Å²) in [4.78, 5) is 11.7.